The predicted octanol–water partition coefficient (Wildman–Crippen LogP) is 4.43. The van der Waals surface area contributed by atoms with E-state index < -0.39 is 23.6 Å². The second-order valence-corrected chi connectivity index (χ2v) is 7.35. The average Bonchev–Trinajstić information content (AvgIpc) is 3.18. The lowest BCUT2D eigenvalue weighted by atomic mass is 10.1. The molecule has 0 spiro atoms. The van der Waals surface area contributed by atoms with Crippen molar-refractivity contribution in [3.05, 3.63) is 70.7 Å². The predicted molar refractivity (Wildman–Crippen MR) is 109 cm³/mol. The summed E-state index contributed by atoms with van der Waals surface area (Å²) in [6, 6.07) is 11.9. The van der Waals surface area contributed by atoms with E-state index in [1.165, 1.54) is 23.5 Å². The van der Waals surface area contributed by atoms with E-state index in [-0.39, 0.29) is 6.54 Å². The summed E-state index contributed by atoms with van der Waals surface area (Å²) in [6.07, 6.45) is -3.99. The van der Waals surface area contributed by atoms with Crippen molar-refractivity contribution in [2.45, 2.75) is 19.5 Å². The van der Waals surface area contributed by atoms with E-state index in [9.17, 15) is 22.8 Å². The molecule has 2 amide bonds. The number of hydrogen-bond acceptors (Lipinski definition) is 4. The van der Waals surface area contributed by atoms with Crippen LogP contribution in [-0.2, 0) is 22.2 Å². The first-order valence-electron chi connectivity index (χ1n) is 9.01. The first-order chi connectivity index (χ1) is 14.2. The number of aromatic nitrogens is 1. The molecule has 0 aliphatic rings. The Labute approximate surface area is 175 Å². The molecule has 2 aromatic carbocycles. The zero-order chi connectivity index (χ0) is 21.7. The standard InChI is InChI=1S/C21H18F3N3O2S/c1-13-4-2-3-5-17(13)27-19(29)18(28)25-11-10-16-12-30-20(26-16)14-6-8-15(9-7-14)21(22,23)24/h2-9,12H,10-11H2,1H3,(H,25,28)(H,27,29). The van der Waals surface area contributed by atoms with Gasteiger partial charge in [-0.1, -0.05) is 30.3 Å². The molecule has 156 valence electrons. The molecule has 0 atom stereocenters. The molecule has 0 saturated carbocycles. The Hall–Kier alpha value is -3.20. The fourth-order valence-electron chi connectivity index (χ4n) is 2.63. The lowest BCUT2D eigenvalue weighted by molar-refractivity contribution is -0.137. The fourth-order valence-corrected chi connectivity index (χ4v) is 3.49. The van der Waals surface area contributed by atoms with Crippen molar-refractivity contribution < 1.29 is 22.8 Å². The van der Waals surface area contributed by atoms with Crippen LogP contribution in [0.25, 0.3) is 10.6 Å². The molecule has 3 aromatic rings. The van der Waals surface area contributed by atoms with Crippen LogP contribution in [0, 0.1) is 6.92 Å². The van der Waals surface area contributed by atoms with Crippen LogP contribution in [0.5, 0.6) is 0 Å². The van der Waals surface area contributed by atoms with Crippen LogP contribution in [0.2, 0.25) is 0 Å². The van der Waals surface area contributed by atoms with Crippen molar-refractivity contribution in [3.8, 4) is 10.6 Å². The Morgan fingerprint density at radius 2 is 1.73 bits per heavy atom. The molecule has 5 nitrogen and oxygen atoms in total. The largest absolute Gasteiger partial charge is 0.416 e. The minimum absolute atomic E-state index is 0.205. The number of benzene rings is 2. The van der Waals surface area contributed by atoms with Crippen LogP contribution in [0.4, 0.5) is 18.9 Å². The number of hydrogen-bond donors (Lipinski definition) is 2. The Morgan fingerprint density at radius 3 is 2.40 bits per heavy atom. The normalized spacial score (nSPS) is 11.2. The van der Waals surface area contributed by atoms with Crippen LogP contribution < -0.4 is 10.6 Å². The second-order valence-electron chi connectivity index (χ2n) is 6.49. The van der Waals surface area contributed by atoms with Gasteiger partial charge in [0.05, 0.1) is 11.3 Å². The number of aryl methyl sites for hydroxylation is 1. The molecule has 30 heavy (non-hydrogen) atoms. The molecule has 0 radical (unpaired) electrons. The minimum Gasteiger partial charge on any atom is -0.347 e. The average molecular weight is 433 g/mol. The lowest BCUT2D eigenvalue weighted by Gasteiger charge is -2.08. The minimum atomic E-state index is -4.38. The van der Waals surface area contributed by atoms with Gasteiger partial charge in [0.25, 0.3) is 0 Å². The first kappa shape index (κ1) is 21.5. The molecular formula is C21H18F3N3O2S. The number of carbonyl (C=O) groups is 2. The number of rotatable bonds is 5. The molecule has 0 fully saturated rings. The number of anilines is 1. The van der Waals surface area contributed by atoms with E-state index in [1.807, 2.05) is 19.1 Å². The molecule has 1 aromatic heterocycles. The van der Waals surface area contributed by atoms with Gasteiger partial charge in [0, 0.05) is 29.6 Å². The molecule has 0 unspecified atom stereocenters. The molecule has 0 aliphatic carbocycles. The van der Waals surface area contributed by atoms with Gasteiger partial charge in [-0.15, -0.1) is 11.3 Å². The SMILES string of the molecule is Cc1ccccc1NC(=O)C(=O)NCCc1csc(-c2ccc(C(F)(F)F)cc2)n1. The van der Waals surface area contributed by atoms with Gasteiger partial charge < -0.3 is 10.6 Å². The van der Waals surface area contributed by atoms with E-state index >= 15 is 0 Å². The van der Waals surface area contributed by atoms with Crippen molar-refractivity contribution >= 4 is 28.8 Å². The lowest BCUT2D eigenvalue weighted by Crippen LogP contribution is -2.36. The highest BCUT2D eigenvalue weighted by molar-refractivity contribution is 7.13. The number of thiazole rings is 1. The number of para-hydroxylation sites is 1. The third-order valence-electron chi connectivity index (χ3n) is 4.28. The van der Waals surface area contributed by atoms with Gasteiger partial charge in [-0.25, -0.2) is 4.98 Å². The van der Waals surface area contributed by atoms with Crippen molar-refractivity contribution in [1.82, 2.24) is 10.3 Å². The second kappa shape index (κ2) is 9.08. The van der Waals surface area contributed by atoms with Crippen molar-refractivity contribution in [3.63, 3.8) is 0 Å². The summed E-state index contributed by atoms with van der Waals surface area (Å²) >= 11 is 1.30. The molecule has 9 heteroatoms. The Kier molecular flexibility index (Phi) is 6.51. The van der Waals surface area contributed by atoms with Gasteiger partial charge in [-0.05, 0) is 30.7 Å². The van der Waals surface area contributed by atoms with Gasteiger partial charge in [0.15, 0.2) is 0 Å². The highest BCUT2D eigenvalue weighted by atomic mass is 32.1. The number of carbonyl (C=O) groups excluding carboxylic acids is 2. The maximum atomic E-state index is 12.7. The van der Waals surface area contributed by atoms with Crippen LogP contribution in [-0.4, -0.2) is 23.3 Å². The fraction of sp³-hybridized carbons (Fsp3) is 0.190. The summed E-state index contributed by atoms with van der Waals surface area (Å²) in [5.41, 5.74) is 1.96. The van der Waals surface area contributed by atoms with Crippen LogP contribution in [0.3, 0.4) is 0 Å². The number of nitrogens with one attached hydrogen (secondary N) is 2. The molecule has 1 heterocycles. The maximum Gasteiger partial charge on any atom is 0.416 e. The van der Waals surface area contributed by atoms with E-state index in [0.29, 0.717) is 28.4 Å². The summed E-state index contributed by atoms with van der Waals surface area (Å²) in [4.78, 5) is 28.3. The molecule has 0 bridgehead atoms. The van der Waals surface area contributed by atoms with Crippen LogP contribution >= 0.6 is 11.3 Å². The number of alkyl halides is 3. The van der Waals surface area contributed by atoms with Gasteiger partial charge in [-0.2, -0.15) is 13.2 Å². The van der Waals surface area contributed by atoms with Crippen LogP contribution in [0.1, 0.15) is 16.8 Å². The highest BCUT2D eigenvalue weighted by Crippen LogP contribution is 2.31. The molecule has 2 N–H and O–H groups in total. The van der Waals surface area contributed by atoms with Gasteiger partial charge in [0.1, 0.15) is 5.01 Å². The topological polar surface area (TPSA) is 71.1 Å². The van der Waals surface area contributed by atoms with Gasteiger partial charge in [-0.3, -0.25) is 9.59 Å². The van der Waals surface area contributed by atoms with Gasteiger partial charge in [0.2, 0.25) is 0 Å². The van der Waals surface area contributed by atoms with Crippen molar-refractivity contribution in [1.29, 1.82) is 0 Å². The third kappa shape index (κ3) is 5.44. The number of amides is 2. The first-order valence-corrected chi connectivity index (χ1v) is 9.89. The quantitative estimate of drug-likeness (QED) is 0.585. The molecule has 0 saturated heterocycles. The van der Waals surface area contributed by atoms with Gasteiger partial charge >= 0.3 is 18.0 Å². The van der Waals surface area contributed by atoms with E-state index in [2.05, 4.69) is 15.6 Å². The van der Waals surface area contributed by atoms with Crippen molar-refractivity contribution in [2.24, 2.45) is 0 Å². The van der Waals surface area contributed by atoms with Crippen LogP contribution in [0.15, 0.2) is 53.9 Å². The molecular weight excluding hydrogens is 415 g/mol. The Bertz CT molecular complexity index is 1050. The Morgan fingerprint density at radius 1 is 1.03 bits per heavy atom. The number of halogens is 3. The number of nitrogens with zero attached hydrogens (tertiary/aromatic N) is 1. The van der Waals surface area contributed by atoms with E-state index in [1.54, 1.807) is 17.5 Å². The molecule has 0 aliphatic heterocycles. The summed E-state index contributed by atoms with van der Waals surface area (Å²) in [5, 5.41) is 7.44. The summed E-state index contributed by atoms with van der Waals surface area (Å²) in [6.45, 7) is 2.03. The maximum absolute atomic E-state index is 12.7. The Balaban J connectivity index is 1.51. The highest BCUT2D eigenvalue weighted by Gasteiger charge is 2.30. The summed E-state index contributed by atoms with van der Waals surface area (Å²) in [5.74, 6) is -1.51. The summed E-state index contributed by atoms with van der Waals surface area (Å²) in [7, 11) is 0. The smallest absolute Gasteiger partial charge is 0.347 e. The third-order valence-corrected chi connectivity index (χ3v) is 5.22. The van der Waals surface area contributed by atoms with Crippen molar-refractivity contribution in [2.75, 3.05) is 11.9 Å². The van der Waals surface area contributed by atoms with E-state index in [4.69, 9.17) is 0 Å². The molecule has 3 rings (SSSR count). The zero-order valence-electron chi connectivity index (χ0n) is 15.9. The van der Waals surface area contributed by atoms with E-state index in [0.717, 1.165) is 17.7 Å². The monoisotopic (exact) mass is 433 g/mol. The summed E-state index contributed by atoms with van der Waals surface area (Å²) < 4.78 is 38.0. The zero-order valence-corrected chi connectivity index (χ0v) is 16.7.